The fourth-order valence-electron chi connectivity index (χ4n) is 3.49. The first kappa shape index (κ1) is 27.2. The molecule has 0 aliphatic heterocycles. The topological polar surface area (TPSA) is 127 Å². The summed E-state index contributed by atoms with van der Waals surface area (Å²) in [6.07, 6.45) is -0.672. The molecule has 4 rings (SSSR count). The number of pyridine rings is 2. The number of fused-ring (bicyclic) bond motifs is 1. The van der Waals surface area contributed by atoms with Gasteiger partial charge in [0.25, 0.3) is 5.91 Å². The zero-order valence-corrected chi connectivity index (χ0v) is 20.9. The van der Waals surface area contributed by atoms with Gasteiger partial charge < -0.3 is 24.3 Å². The number of Topliss-reactive ketones (excluding diaryl/α,β-unsaturated/α-hetero) is 1. The van der Waals surface area contributed by atoms with Gasteiger partial charge in [0.1, 0.15) is 17.3 Å². The van der Waals surface area contributed by atoms with Crippen molar-refractivity contribution in [3.8, 4) is 28.7 Å². The van der Waals surface area contributed by atoms with Crippen molar-refractivity contribution in [3.05, 3.63) is 54.6 Å². The molecule has 204 valence electrons. The Morgan fingerprint density at radius 3 is 2.38 bits per heavy atom. The number of nitrogens with zero attached hydrogens (tertiary/aromatic N) is 4. The van der Waals surface area contributed by atoms with Gasteiger partial charge in [-0.1, -0.05) is 0 Å². The van der Waals surface area contributed by atoms with Crippen LogP contribution in [0.5, 0.6) is 28.7 Å². The minimum atomic E-state index is -4.63. The van der Waals surface area contributed by atoms with Gasteiger partial charge in [0.2, 0.25) is 0 Å². The number of halogens is 3. The van der Waals surface area contributed by atoms with Crippen LogP contribution in [0.15, 0.2) is 48.9 Å². The Bertz CT molecular complexity index is 1500. The number of amides is 1. The number of alkyl halides is 3. The summed E-state index contributed by atoms with van der Waals surface area (Å²) in [5, 5.41) is 6.99. The highest BCUT2D eigenvalue weighted by molar-refractivity contribution is 6.04. The first-order valence-corrected chi connectivity index (χ1v) is 11.3. The van der Waals surface area contributed by atoms with Crippen molar-refractivity contribution in [2.24, 2.45) is 0 Å². The van der Waals surface area contributed by atoms with E-state index >= 15 is 0 Å². The van der Waals surface area contributed by atoms with Crippen LogP contribution in [0, 0.1) is 0 Å². The summed E-state index contributed by atoms with van der Waals surface area (Å²) in [4.78, 5) is 32.6. The fourth-order valence-corrected chi connectivity index (χ4v) is 3.49. The molecule has 0 fully saturated rings. The van der Waals surface area contributed by atoms with E-state index in [0.717, 1.165) is 10.9 Å². The van der Waals surface area contributed by atoms with E-state index in [2.05, 4.69) is 20.4 Å². The maximum absolute atomic E-state index is 12.8. The first-order valence-electron chi connectivity index (χ1n) is 11.3. The van der Waals surface area contributed by atoms with E-state index in [1.807, 2.05) is 0 Å². The molecule has 1 amide bonds. The SMILES string of the molecule is COc1cc2nccc(Oc3ccc(NC(=O)c4nn(CC(C)=O)cc4OCC(F)(F)F)nc3)c2cc1OC. The van der Waals surface area contributed by atoms with Crippen LogP contribution < -0.4 is 24.3 Å². The second-order valence-electron chi connectivity index (χ2n) is 8.11. The second kappa shape index (κ2) is 11.2. The van der Waals surface area contributed by atoms with Crippen molar-refractivity contribution >= 4 is 28.4 Å². The summed E-state index contributed by atoms with van der Waals surface area (Å²) < 4.78 is 60.3. The molecular weight excluding hydrogens is 523 g/mol. The van der Waals surface area contributed by atoms with Gasteiger partial charge in [0, 0.05) is 17.6 Å². The Balaban J connectivity index is 1.51. The normalized spacial score (nSPS) is 11.2. The molecule has 4 aromatic rings. The molecule has 0 aliphatic rings. The number of carbonyl (C=O) groups is 2. The minimum Gasteiger partial charge on any atom is -0.493 e. The Morgan fingerprint density at radius 1 is 1.00 bits per heavy atom. The van der Waals surface area contributed by atoms with Gasteiger partial charge >= 0.3 is 6.18 Å². The predicted octanol–water partition coefficient (Wildman–Crippen LogP) is 4.42. The van der Waals surface area contributed by atoms with E-state index in [0.29, 0.717) is 33.9 Å². The van der Waals surface area contributed by atoms with Gasteiger partial charge in [0.15, 0.2) is 35.3 Å². The average Bonchev–Trinajstić information content (AvgIpc) is 3.29. The van der Waals surface area contributed by atoms with Gasteiger partial charge in [-0.05, 0) is 31.2 Å². The van der Waals surface area contributed by atoms with E-state index in [4.69, 9.17) is 18.9 Å². The maximum Gasteiger partial charge on any atom is 0.422 e. The van der Waals surface area contributed by atoms with E-state index in [-0.39, 0.29) is 18.1 Å². The molecule has 3 heterocycles. The molecule has 0 spiro atoms. The molecule has 3 aromatic heterocycles. The lowest BCUT2D eigenvalue weighted by Crippen LogP contribution is -2.21. The van der Waals surface area contributed by atoms with Crippen LogP contribution in [-0.4, -0.2) is 58.4 Å². The first-order chi connectivity index (χ1) is 18.6. The third kappa shape index (κ3) is 6.71. The van der Waals surface area contributed by atoms with Crippen LogP contribution in [-0.2, 0) is 11.3 Å². The van der Waals surface area contributed by atoms with Crippen molar-refractivity contribution < 1.29 is 41.7 Å². The highest BCUT2D eigenvalue weighted by Crippen LogP contribution is 2.36. The summed E-state index contributed by atoms with van der Waals surface area (Å²) in [6.45, 7) is -0.610. The number of hydrogen-bond donors (Lipinski definition) is 1. The van der Waals surface area contributed by atoms with Crippen molar-refractivity contribution in [2.45, 2.75) is 19.6 Å². The van der Waals surface area contributed by atoms with Crippen molar-refractivity contribution in [1.82, 2.24) is 19.7 Å². The largest absolute Gasteiger partial charge is 0.493 e. The van der Waals surface area contributed by atoms with Gasteiger partial charge in [-0.15, -0.1) is 0 Å². The van der Waals surface area contributed by atoms with Crippen molar-refractivity contribution in [1.29, 1.82) is 0 Å². The molecule has 0 saturated carbocycles. The molecule has 0 unspecified atom stereocenters. The summed E-state index contributed by atoms with van der Waals surface area (Å²) in [7, 11) is 3.03. The Morgan fingerprint density at radius 2 is 1.74 bits per heavy atom. The number of rotatable bonds is 10. The average molecular weight is 545 g/mol. The second-order valence-corrected chi connectivity index (χ2v) is 8.11. The van der Waals surface area contributed by atoms with Crippen LogP contribution in [0.25, 0.3) is 10.9 Å². The lowest BCUT2D eigenvalue weighted by atomic mass is 10.2. The number of methoxy groups -OCH3 is 2. The number of aromatic nitrogens is 4. The van der Waals surface area contributed by atoms with E-state index < -0.39 is 30.1 Å². The number of ether oxygens (including phenoxy) is 4. The van der Waals surface area contributed by atoms with Crippen molar-refractivity contribution in [2.75, 3.05) is 26.1 Å². The standard InChI is InChI=1S/C25H22F3N5O6/c1-14(34)11-33-12-21(38-13-25(26,27)28)23(32-33)24(35)31-22-5-4-15(10-30-22)39-18-6-7-29-17-9-20(37-3)19(36-2)8-16(17)18/h4-10,12H,11,13H2,1-3H3,(H,30,31,35). The highest BCUT2D eigenvalue weighted by atomic mass is 19.4. The predicted molar refractivity (Wildman–Crippen MR) is 132 cm³/mol. The Labute approximate surface area is 219 Å². The fraction of sp³-hybridized carbons (Fsp3) is 0.240. The lowest BCUT2D eigenvalue weighted by Gasteiger charge is -2.12. The molecule has 11 nitrogen and oxygen atoms in total. The van der Waals surface area contributed by atoms with Crippen molar-refractivity contribution in [3.63, 3.8) is 0 Å². The molecule has 39 heavy (non-hydrogen) atoms. The molecule has 0 aliphatic carbocycles. The summed E-state index contributed by atoms with van der Waals surface area (Å²) in [5.74, 6) is 0.236. The number of benzene rings is 1. The summed E-state index contributed by atoms with van der Waals surface area (Å²) in [6, 6.07) is 8.06. The number of carbonyl (C=O) groups excluding carboxylic acids is 2. The number of hydrogen-bond acceptors (Lipinski definition) is 9. The maximum atomic E-state index is 12.8. The quantitative estimate of drug-likeness (QED) is 0.308. The molecule has 0 radical (unpaired) electrons. The smallest absolute Gasteiger partial charge is 0.422 e. The third-order valence-electron chi connectivity index (χ3n) is 5.13. The van der Waals surface area contributed by atoms with Crippen LogP contribution in [0.2, 0.25) is 0 Å². The van der Waals surface area contributed by atoms with E-state index in [1.165, 1.54) is 39.5 Å². The molecule has 1 aromatic carbocycles. The summed E-state index contributed by atoms with van der Waals surface area (Å²) in [5.41, 5.74) is 0.171. The van der Waals surface area contributed by atoms with Gasteiger partial charge in [-0.2, -0.15) is 18.3 Å². The monoisotopic (exact) mass is 545 g/mol. The molecular formula is C25H22F3N5O6. The van der Waals surface area contributed by atoms with Gasteiger partial charge in [-0.25, -0.2) is 4.98 Å². The zero-order chi connectivity index (χ0) is 28.2. The van der Waals surface area contributed by atoms with Gasteiger partial charge in [0.05, 0.1) is 38.7 Å². The Kier molecular flexibility index (Phi) is 7.83. The Hall–Kier alpha value is -4.88. The molecule has 0 saturated heterocycles. The van der Waals surface area contributed by atoms with Gasteiger partial charge in [-0.3, -0.25) is 19.3 Å². The minimum absolute atomic E-state index is 0.0706. The van der Waals surface area contributed by atoms with Crippen LogP contribution in [0.1, 0.15) is 17.4 Å². The van der Waals surface area contributed by atoms with Crippen LogP contribution >= 0.6 is 0 Å². The number of ketones is 1. The molecule has 14 heteroatoms. The molecule has 0 bridgehead atoms. The van der Waals surface area contributed by atoms with Crippen LogP contribution in [0.3, 0.4) is 0 Å². The number of nitrogens with one attached hydrogen (secondary N) is 1. The molecule has 0 atom stereocenters. The number of anilines is 1. The van der Waals surface area contributed by atoms with E-state index in [1.54, 1.807) is 24.4 Å². The van der Waals surface area contributed by atoms with Crippen LogP contribution in [0.4, 0.5) is 19.0 Å². The van der Waals surface area contributed by atoms with E-state index in [9.17, 15) is 22.8 Å². The highest BCUT2D eigenvalue weighted by Gasteiger charge is 2.30. The zero-order valence-electron chi connectivity index (χ0n) is 20.9. The lowest BCUT2D eigenvalue weighted by molar-refractivity contribution is -0.153. The molecule has 1 N–H and O–H groups in total. The summed E-state index contributed by atoms with van der Waals surface area (Å²) >= 11 is 0. The third-order valence-corrected chi connectivity index (χ3v) is 5.13.